The Balaban J connectivity index is 2.12. The van der Waals surface area contributed by atoms with Gasteiger partial charge < -0.3 is 15.4 Å². The molecule has 112 valence electrons. The Labute approximate surface area is 123 Å². The lowest BCUT2D eigenvalue weighted by atomic mass is 9.90. The van der Waals surface area contributed by atoms with E-state index in [1.807, 2.05) is 12.1 Å². The summed E-state index contributed by atoms with van der Waals surface area (Å²) in [5, 5.41) is 0. The molecule has 1 atom stereocenters. The van der Waals surface area contributed by atoms with E-state index in [0.717, 1.165) is 18.2 Å². The van der Waals surface area contributed by atoms with Gasteiger partial charge in [-0.05, 0) is 30.9 Å². The predicted molar refractivity (Wildman–Crippen MR) is 85.4 cm³/mol. The van der Waals surface area contributed by atoms with Gasteiger partial charge in [0.2, 0.25) is 0 Å². The van der Waals surface area contributed by atoms with Crippen molar-refractivity contribution >= 4 is 5.69 Å². The van der Waals surface area contributed by atoms with Gasteiger partial charge >= 0.3 is 0 Å². The van der Waals surface area contributed by atoms with E-state index in [1.54, 1.807) is 7.11 Å². The minimum absolute atomic E-state index is 0.431. The molecule has 2 N–H and O–H groups in total. The van der Waals surface area contributed by atoms with Gasteiger partial charge in [0.25, 0.3) is 0 Å². The molecule has 0 radical (unpaired) electrons. The van der Waals surface area contributed by atoms with Crippen LogP contribution in [0.25, 0.3) is 0 Å². The summed E-state index contributed by atoms with van der Waals surface area (Å²) in [6, 6.07) is 8.70. The maximum absolute atomic E-state index is 6.09. The third-order valence-corrected chi connectivity index (χ3v) is 4.64. The number of hydrogen-bond donors (Lipinski definition) is 1. The molecule has 1 aliphatic rings. The average molecular weight is 276 g/mol. The van der Waals surface area contributed by atoms with Crippen molar-refractivity contribution in [2.45, 2.75) is 44.6 Å². The minimum atomic E-state index is 0.431. The smallest absolute Gasteiger partial charge is 0.120 e. The summed E-state index contributed by atoms with van der Waals surface area (Å²) in [6.45, 7) is 0.721. The van der Waals surface area contributed by atoms with Gasteiger partial charge in [0.05, 0.1) is 7.11 Å². The fourth-order valence-electron chi connectivity index (χ4n) is 3.38. The Bertz CT molecular complexity index is 400. The molecule has 0 heterocycles. The lowest BCUT2D eigenvalue weighted by molar-refractivity contribution is 0.368. The zero-order valence-corrected chi connectivity index (χ0v) is 12.8. The van der Waals surface area contributed by atoms with Crippen LogP contribution in [0.4, 0.5) is 5.69 Å². The van der Waals surface area contributed by atoms with Crippen LogP contribution in [0.5, 0.6) is 5.75 Å². The van der Waals surface area contributed by atoms with Gasteiger partial charge in [0, 0.05) is 31.4 Å². The predicted octanol–water partition coefficient (Wildman–Crippen LogP) is 3.43. The van der Waals surface area contributed by atoms with Crippen molar-refractivity contribution in [3.05, 3.63) is 24.3 Å². The molecule has 0 bridgehead atoms. The Morgan fingerprint density at radius 1 is 1.25 bits per heavy atom. The summed E-state index contributed by atoms with van der Waals surface area (Å²) >= 11 is 0. The number of anilines is 1. The summed E-state index contributed by atoms with van der Waals surface area (Å²) in [5.41, 5.74) is 7.29. The summed E-state index contributed by atoms with van der Waals surface area (Å²) in [4.78, 5) is 2.35. The van der Waals surface area contributed by atoms with E-state index in [9.17, 15) is 0 Å². The molecule has 20 heavy (non-hydrogen) atoms. The number of nitrogens with zero attached hydrogens (tertiary/aromatic N) is 1. The number of likely N-dealkylation sites (N-methyl/N-ethyl adjacent to an activating group) is 1. The SMILES string of the molecule is COc1cccc(N(C)C(CN)C2CCCCCC2)c1. The van der Waals surface area contributed by atoms with Crippen LogP contribution in [-0.4, -0.2) is 26.7 Å². The fourth-order valence-corrected chi connectivity index (χ4v) is 3.38. The first-order valence-corrected chi connectivity index (χ1v) is 7.83. The molecule has 0 saturated heterocycles. The molecule has 1 aromatic carbocycles. The number of benzene rings is 1. The Morgan fingerprint density at radius 3 is 2.55 bits per heavy atom. The highest BCUT2D eigenvalue weighted by atomic mass is 16.5. The Morgan fingerprint density at radius 2 is 1.95 bits per heavy atom. The Kier molecular flexibility index (Phi) is 5.72. The first kappa shape index (κ1) is 15.2. The molecule has 0 amide bonds. The van der Waals surface area contributed by atoms with E-state index in [4.69, 9.17) is 10.5 Å². The van der Waals surface area contributed by atoms with Crippen LogP contribution in [0.3, 0.4) is 0 Å². The molecule has 1 aromatic rings. The molecule has 1 fully saturated rings. The Hall–Kier alpha value is -1.22. The van der Waals surface area contributed by atoms with Crippen molar-refractivity contribution in [1.29, 1.82) is 0 Å². The van der Waals surface area contributed by atoms with E-state index < -0.39 is 0 Å². The maximum Gasteiger partial charge on any atom is 0.120 e. The minimum Gasteiger partial charge on any atom is -0.497 e. The first-order chi connectivity index (χ1) is 9.76. The van der Waals surface area contributed by atoms with Gasteiger partial charge in [0.1, 0.15) is 5.75 Å². The van der Waals surface area contributed by atoms with Gasteiger partial charge in [-0.3, -0.25) is 0 Å². The maximum atomic E-state index is 6.09. The third-order valence-electron chi connectivity index (χ3n) is 4.64. The fraction of sp³-hybridized carbons (Fsp3) is 0.647. The van der Waals surface area contributed by atoms with Crippen LogP contribution >= 0.6 is 0 Å². The van der Waals surface area contributed by atoms with Crippen molar-refractivity contribution in [2.24, 2.45) is 11.7 Å². The van der Waals surface area contributed by atoms with E-state index in [2.05, 4.69) is 24.1 Å². The van der Waals surface area contributed by atoms with Gasteiger partial charge in [-0.1, -0.05) is 31.7 Å². The second-order valence-corrected chi connectivity index (χ2v) is 5.87. The molecule has 1 unspecified atom stereocenters. The monoisotopic (exact) mass is 276 g/mol. The van der Waals surface area contributed by atoms with Crippen molar-refractivity contribution in [2.75, 3.05) is 25.6 Å². The van der Waals surface area contributed by atoms with Crippen LogP contribution in [-0.2, 0) is 0 Å². The average Bonchev–Trinajstić information content (AvgIpc) is 2.77. The quantitative estimate of drug-likeness (QED) is 0.837. The van der Waals surface area contributed by atoms with Crippen LogP contribution in [0, 0.1) is 5.92 Å². The van der Waals surface area contributed by atoms with Gasteiger partial charge in [-0.25, -0.2) is 0 Å². The molecule has 3 nitrogen and oxygen atoms in total. The second kappa shape index (κ2) is 7.53. The molecule has 1 saturated carbocycles. The molecule has 3 heteroatoms. The number of nitrogens with two attached hydrogens (primary N) is 1. The number of hydrogen-bond acceptors (Lipinski definition) is 3. The van der Waals surface area contributed by atoms with Gasteiger partial charge in [0.15, 0.2) is 0 Å². The zero-order valence-electron chi connectivity index (χ0n) is 12.8. The molecule has 2 rings (SSSR count). The molecule has 0 aliphatic heterocycles. The van der Waals surface area contributed by atoms with Crippen molar-refractivity contribution in [1.82, 2.24) is 0 Å². The van der Waals surface area contributed by atoms with Crippen LogP contribution < -0.4 is 15.4 Å². The third kappa shape index (κ3) is 3.66. The van der Waals surface area contributed by atoms with Gasteiger partial charge in [-0.2, -0.15) is 0 Å². The van der Waals surface area contributed by atoms with Crippen LogP contribution in [0.2, 0.25) is 0 Å². The normalized spacial score (nSPS) is 18.4. The van der Waals surface area contributed by atoms with E-state index in [-0.39, 0.29) is 0 Å². The molecular weight excluding hydrogens is 248 g/mol. The standard InChI is InChI=1S/C17H28N2O/c1-19(15-10-7-11-16(12-15)20-2)17(13-18)14-8-5-3-4-6-9-14/h7,10-12,14,17H,3-6,8-9,13,18H2,1-2H3. The molecule has 0 aromatic heterocycles. The second-order valence-electron chi connectivity index (χ2n) is 5.87. The highest BCUT2D eigenvalue weighted by Crippen LogP contribution is 2.30. The summed E-state index contributed by atoms with van der Waals surface area (Å²) < 4.78 is 5.33. The van der Waals surface area contributed by atoms with E-state index in [0.29, 0.717) is 6.04 Å². The number of ether oxygens (including phenoxy) is 1. The number of methoxy groups -OCH3 is 1. The van der Waals surface area contributed by atoms with E-state index in [1.165, 1.54) is 44.2 Å². The summed E-state index contributed by atoms with van der Waals surface area (Å²) in [6.07, 6.45) is 8.11. The lowest BCUT2D eigenvalue weighted by Crippen LogP contribution is -2.43. The van der Waals surface area contributed by atoms with Crippen LogP contribution in [0.15, 0.2) is 24.3 Å². The van der Waals surface area contributed by atoms with Gasteiger partial charge in [-0.15, -0.1) is 0 Å². The van der Waals surface area contributed by atoms with Crippen LogP contribution in [0.1, 0.15) is 38.5 Å². The lowest BCUT2D eigenvalue weighted by Gasteiger charge is -2.35. The number of rotatable bonds is 5. The zero-order chi connectivity index (χ0) is 14.4. The molecule has 1 aliphatic carbocycles. The first-order valence-electron chi connectivity index (χ1n) is 7.83. The molecule has 0 spiro atoms. The topological polar surface area (TPSA) is 38.5 Å². The largest absolute Gasteiger partial charge is 0.497 e. The summed E-state index contributed by atoms with van der Waals surface area (Å²) in [7, 11) is 3.88. The van der Waals surface area contributed by atoms with E-state index >= 15 is 0 Å². The highest BCUT2D eigenvalue weighted by Gasteiger charge is 2.25. The van der Waals surface area contributed by atoms with Crippen molar-refractivity contribution in [3.63, 3.8) is 0 Å². The highest BCUT2D eigenvalue weighted by molar-refractivity contribution is 5.51. The summed E-state index contributed by atoms with van der Waals surface area (Å²) in [5.74, 6) is 1.63. The molecular formula is C17H28N2O. The van der Waals surface area contributed by atoms with Crippen molar-refractivity contribution in [3.8, 4) is 5.75 Å². The van der Waals surface area contributed by atoms with Crippen molar-refractivity contribution < 1.29 is 4.74 Å².